The van der Waals surface area contributed by atoms with Crippen LogP contribution in [0.2, 0.25) is 0 Å². The van der Waals surface area contributed by atoms with Gasteiger partial charge in [0.15, 0.2) is 11.5 Å². The Morgan fingerprint density at radius 1 is 1.24 bits per heavy atom. The van der Waals surface area contributed by atoms with Gasteiger partial charge in [0.2, 0.25) is 5.76 Å². The first-order chi connectivity index (χ1) is 12.0. The molecule has 1 amide bonds. The summed E-state index contributed by atoms with van der Waals surface area (Å²) in [6.45, 7) is 0.0725. The Morgan fingerprint density at radius 2 is 2.00 bits per heavy atom. The van der Waals surface area contributed by atoms with Crippen LogP contribution < -0.4 is 10.2 Å². The molecule has 2 aromatic heterocycles. The zero-order valence-corrected chi connectivity index (χ0v) is 14.0. The molecule has 0 saturated heterocycles. The van der Waals surface area contributed by atoms with Crippen molar-refractivity contribution in [2.45, 2.75) is 6.10 Å². The van der Waals surface area contributed by atoms with E-state index in [9.17, 15) is 9.90 Å². The van der Waals surface area contributed by atoms with E-state index in [1.54, 1.807) is 12.1 Å². The average Bonchev–Trinajstić information content (AvgIpc) is 3.30. The molecule has 0 saturated carbocycles. The number of carbonyl (C=O) groups is 1. The third-order valence-corrected chi connectivity index (χ3v) is 3.76. The van der Waals surface area contributed by atoms with Gasteiger partial charge in [-0.1, -0.05) is 17.3 Å². The van der Waals surface area contributed by atoms with Crippen LogP contribution in [0, 0.1) is 0 Å². The lowest BCUT2D eigenvalue weighted by atomic mass is 10.1. The van der Waals surface area contributed by atoms with E-state index < -0.39 is 12.0 Å². The fourth-order valence-corrected chi connectivity index (χ4v) is 2.31. The highest BCUT2D eigenvalue weighted by molar-refractivity contribution is 5.92. The number of amides is 1. The minimum atomic E-state index is -0.809. The molecule has 0 bridgehead atoms. The van der Waals surface area contributed by atoms with Crippen LogP contribution in [-0.2, 0) is 0 Å². The fraction of sp³-hybridized carbons (Fsp3) is 0.222. The zero-order valence-electron chi connectivity index (χ0n) is 14.0. The third kappa shape index (κ3) is 3.89. The van der Waals surface area contributed by atoms with Crippen molar-refractivity contribution in [3.8, 4) is 11.5 Å². The molecule has 3 aromatic rings. The predicted octanol–water partition coefficient (Wildman–Crippen LogP) is 2.46. The van der Waals surface area contributed by atoms with Crippen LogP contribution in [-0.4, -0.2) is 36.8 Å². The minimum absolute atomic E-state index is 0.0725. The van der Waals surface area contributed by atoms with E-state index in [4.69, 9.17) is 8.94 Å². The number of carbonyl (C=O) groups excluding carboxylic acids is 1. The van der Waals surface area contributed by atoms with Crippen molar-refractivity contribution in [3.63, 3.8) is 0 Å². The van der Waals surface area contributed by atoms with Crippen LogP contribution in [0.15, 0.2) is 57.7 Å². The monoisotopic (exact) mass is 341 g/mol. The summed E-state index contributed by atoms with van der Waals surface area (Å²) in [6, 6.07) is 12.4. The smallest absolute Gasteiger partial charge is 0.273 e. The summed E-state index contributed by atoms with van der Waals surface area (Å²) in [5, 5.41) is 16.6. The molecule has 1 atom stereocenters. The average molecular weight is 341 g/mol. The van der Waals surface area contributed by atoms with Crippen molar-refractivity contribution in [1.29, 1.82) is 0 Å². The Labute approximate surface area is 144 Å². The highest BCUT2D eigenvalue weighted by Crippen LogP contribution is 2.21. The van der Waals surface area contributed by atoms with Crippen molar-refractivity contribution in [2.24, 2.45) is 0 Å². The van der Waals surface area contributed by atoms with Crippen LogP contribution >= 0.6 is 0 Å². The molecule has 0 fully saturated rings. The molecule has 3 rings (SSSR count). The van der Waals surface area contributed by atoms with Gasteiger partial charge in [-0.3, -0.25) is 4.79 Å². The summed E-state index contributed by atoms with van der Waals surface area (Å²) in [5.74, 6) is 0.438. The molecule has 0 spiro atoms. The zero-order chi connectivity index (χ0) is 17.8. The van der Waals surface area contributed by atoms with Crippen molar-refractivity contribution in [3.05, 3.63) is 60.0 Å². The molecule has 0 aliphatic carbocycles. The summed E-state index contributed by atoms with van der Waals surface area (Å²) < 4.78 is 10.3. The Bertz CT molecular complexity index is 822. The van der Waals surface area contributed by atoms with Crippen LogP contribution in [0.5, 0.6) is 0 Å². The quantitative estimate of drug-likeness (QED) is 0.716. The summed E-state index contributed by atoms with van der Waals surface area (Å²) in [6.07, 6.45) is 0.701. The molecule has 7 nitrogen and oxygen atoms in total. The van der Waals surface area contributed by atoms with Gasteiger partial charge in [-0.05, 0) is 29.8 Å². The maximum atomic E-state index is 12.1. The number of hydrogen-bond donors (Lipinski definition) is 2. The molecular formula is C18H19N3O4. The number of aromatic nitrogens is 1. The number of furan rings is 1. The fourth-order valence-electron chi connectivity index (χ4n) is 2.31. The summed E-state index contributed by atoms with van der Waals surface area (Å²) in [5.41, 5.74) is 1.89. The van der Waals surface area contributed by atoms with Gasteiger partial charge < -0.3 is 24.3 Å². The Morgan fingerprint density at radius 3 is 2.64 bits per heavy atom. The molecule has 7 heteroatoms. The van der Waals surface area contributed by atoms with Crippen molar-refractivity contribution < 1.29 is 18.8 Å². The molecule has 0 aliphatic heterocycles. The molecule has 1 aromatic carbocycles. The number of aliphatic hydroxyl groups is 1. The summed E-state index contributed by atoms with van der Waals surface area (Å²) in [4.78, 5) is 14.1. The third-order valence-electron chi connectivity index (χ3n) is 3.76. The van der Waals surface area contributed by atoms with E-state index in [-0.39, 0.29) is 12.2 Å². The minimum Gasteiger partial charge on any atom is -0.461 e. The van der Waals surface area contributed by atoms with Gasteiger partial charge in [-0.25, -0.2) is 0 Å². The molecule has 2 N–H and O–H groups in total. The highest BCUT2D eigenvalue weighted by atomic mass is 16.5. The van der Waals surface area contributed by atoms with Gasteiger partial charge in [0.25, 0.3) is 5.91 Å². The molecule has 0 unspecified atom stereocenters. The molecule has 25 heavy (non-hydrogen) atoms. The normalized spacial score (nSPS) is 12.0. The van der Waals surface area contributed by atoms with E-state index in [1.165, 1.54) is 12.3 Å². The van der Waals surface area contributed by atoms with Gasteiger partial charge >= 0.3 is 0 Å². The van der Waals surface area contributed by atoms with Crippen molar-refractivity contribution >= 4 is 11.6 Å². The van der Waals surface area contributed by atoms with E-state index in [2.05, 4.69) is 10.5 Å². The van der Waals surface area contributed by atoms with Gasteiger partial charge in [0.05, 0.1) is 12.4 Å². The molecule has 0 aliphatic rings. The van der Waals surface area contributed by atoms with E-state index in [0.717, 1.165) is 11.3 Å². The van der Waals surface area contributed by atoms with Crippen LogP contribution in [0.1, 0.15) is 22.2 Å². The first kappa shape index (κ1) is 16.8. The van der Waals surface area contributed by atoms with Crippen LogP contribution in [0.25, 0.3) is 11.5 Å². The topological polar surface area (TPSA) is 91.7 Å². The van der Waals surface area contributed by atoms with E-state index >= 15 is 0 Å². The van der Waals surface area contributed by atoms with Crippen molar-refractivity contribution in [1.82, 2.24) is 10.5 Å². The van der Waals surface area contributed by atoms with E-state index in [1.807, 2.05) is 43.3 Å². The summed E-state index contributed by atoms with van der Waals surface area (Å²) >= 11 is 0. The number of anilines is 1. The molecule has 2 heterocycles. The second-order valence-electron chi connectivity index (χ2n) is 5.77. The number of aliphatic hydroxyl groups excluding tert-OH is 1. The number of hydrogen-bond acceptors (Lipinski definition) is 6. The Kier molecular flexibility index (Phi) is 4.85. The Hall–Kier alpha value is -3.06. The lowest BCUT2D eigenvalue weighted by Crippen LogP contribution is -2.28. The lowest BCUT2D eigenvalue weighted by molar-refractivity contribution is 0.0907. The standard InChI is InChI=1S/C18H19N3O4/c1-21(2)13-7-5-12(6-8-13)15(22)11-19-18(23)14-10-17(25-20-14)16-4-3-9-24-16/h3-10,15,22H,11H2,1-2H3,(H,19,23)/t15-/m1/s1. The largest absolute Gasteiger partial charge is 0.461 e. The van der Waals surface area contributed by atoms with Gasteiger partial charge in [-0.15, -0.1) is 0 Å². The van der Waals surface area contributed by atoms with Gasteiger partial charge in [0.1, 0.15) is 0 Å². The Balaban J connectivity index is 1.58. The maximum Gasteiger partial charge on any atom is 0.273 e. The first-order valence-electron chi connectivity index (χ1n) is 7.79. The van der Waals surface area contributed by atoms with E-state index in [0.29, 0.717) is 11.5 Å². The van der Waals surface area contributed by atoms with Crippen molar-refractivity contribution in [2.75, 3.05) is 25.5 Å². The lowest BCUT2D eigenvalue weighted by Gasteiger charge is -2.15. The van der Waals surface area contributed by atoms with Gasteiger partial charge in [-0.2, -0.15) is 0 Å². The molecule has 0 radical (unpaired) electrons. The number of rotatable bonds is 6. The highest BCUT2D eigenvalue weighted by Gasteiger charge is 2.16. The van der Waals surface area contributed by atoms with Crippen LogP contribution in [0.4, 0.5) is 5.69 Å². The molecular weight excluding hydrogens is 322 g/mol. The number of benzene rings is 1. The predicted molar refractivity (Wildman–Crippen MR) is 92.3 cm³/mol. The molecule has 130 valence electrons. The second kappa shape index (κ2) is 7.23. The summed E-state index contributed by atoms with van der Waals surface area (Å²) in [7, 11) is 3.89. The second-order valence-corrected chi connectivity index (χ2v) is 5.77. The number of nitrogens with one attached hydrogen (secondary N) is 1. The maximum absolute atomic E-state index is 12.1. The first-order valence-corrected chi connectivity index (χ1v) is 7.79. The number of nitrogens with zero attached hydrogens (tertiary/aromatic N) is 2. The SMILES string of the molecule is CN(C)c1ccc([C@H](O)CNC(=O)c2cc(-c3ccco3)on2)cc1. The van der Waals surface area contributed by atoms with Gasteiger partial charge in [0, 0.05) is 32.4 Å². The van der Waals surface area contributed by atoms with Crippen LogP contribution in [0.3, 0.4) is 0 Å².